The minimum atomic E-state index is -0.854. The molecule has 0 saturated heterocycles. The second kappa shape index (κ2) is 8.67. The van der Waals surface area contributed by atoms with Crippen LogP contribution in [0, 0.1) is 5.92 Å². The van der Waals surface area contributed by atoms with Gasteiger partial charge in [0.1, 0.15) is 11.5 Å². The number of hydrogen-bond acceptors (Lipinski definition) is 5. The molecule has 0 unspecified atom stereocenters. The average Bonchev–Trinajstić information content (AvgIpc) is 3.36. The lowest BCUT2D eigenvalue weighted by molar-refractivity contribution is -0.133. The van der Waals surface area contributed by atoms with Gasteiger partial charge in [-0.2, -0.15) is 0 Å². The molecule has 2 N–H and O–H groups in total. The lowest BCUT2D eigenvalue weighted by atomic mass is 10.1. The summed E-state index contributed by atoms with van der Waals surface area (Å²) in [7, 11) is 1.57. The van der Waals surface area contributed by atoms with Crippen molar-refractivity contribution in [3.05, 3.63) is 23.8 Å². The van der Waals surface area contributed by atoms with Gasteiger partial charge in [0.2, 0.25) is 0 Å². The number of benzene rings is 1. The molecule has 1 saturated carbocycles. The Morgan fingerprint density at radius 2 is 2.17 bits per heavy atom. The monoisotopic (exact) mass is 339 g/mol. The van der Waals surface area contributed by atoms with Crippen LogP contribution in [0.4, 0.5) is 0 Å². The third-order valence-electron chi connectivity index (χ3n) is 3.36. The van der Waals surface area contributed by atoms with Crippen LogP contribution in [0.15, 0.2) is 18.2 Å². The molecule has 6 nitrogen and oxygen atoms in total. The van der Waals surface area contributed by atoms with Crippen molar-refractivity contribution >= 4 is 23.6 Å². The number of carboxylic acid groups (broad SMARTS) is 1. The normalized spacial score (nSPS) is 13.4. The smallest absolute Gasteiger partial charge is 0.313 e. The Morgan fingerprint density at radius 3 is 2.83 bits per heavy atom. The highest BCUT2D eigenvalue weighted by Gasteiger charge is 2.23. The minimum absolute atomic E-state index is 0.0359. The number of nitrogens with one attached hydrogen (secondary N) is 1. The minimum Gasteiger partial charge on any atom is -0.497 e. The van der Waals surface area contributed by atoms with Gasteiger partial charge in [-0.25, -0.2) is 0 Å². The molecule has 7 heteroatoms. The Hall–Kier alpha value is -1.89. The summed E-state index contributed by atoms with van der Waals surface area (Å²) in [6.07, 6.45) is 2.35. The molecular weight excluding hydrogens is 318 g/mol. The maximum Gasteiger partial charge on any atom is 0.313 e. The van der Waals surface area contributed by atoms with E-state index >= 15 is 0 Å². The highest BCUT2D eigenvalue weighted by atomic mass is 32.2. The van der Waals surface area contributed by atoms with Crippen molar-refractivity contribution in [3.8, 4) is 11.5 Å². The van der Waals surface area contributed by atoms with Gasteiger partial charge in [-0.1, -0.05) is 0 Å². The van der Waals surface area contributed by atoms with Crippen LogP contribution in [0.25, 0.3) is 0 Å². The standard InChI is InChI=1S/C16H21NO5S/c1-21-12-4-5-13(14(8-12)22-9-11-2-3-11)16(20)17-6-7-23-10-15(18)19/h4-5,8,11H,2-3,6-7,9-10H2,1H3,(H,17,20)(H,18,19). The van der Waals surface area contributed by atoms with Gasteiger partial charge in [0, 0.05) is 18.4 Å². The highest BCUT2D eigenvalue weighted by molar-refractivity contribution is 7.99. The van der Waals surface area contributed by atoms with Crippen molar-refractivity contribution < 1.29 is 24.2 Å². The number of hydrogen-bond donors (Lipinski definition) is 2. The van der Waals surface area contributed by atoms with Crippen LogP contribution in [-0.4, -0.2) is 48.8 Å². The molecule has 0 heterocycles. The molecule has 0 aromatic heterocycles. The van der Waals surface area contributed by atoms with Crippen molar-refractivity contribution in [2.75, 3.05) is 31.8 Å². The largest absolute Gasteiger partial charge is 0.497 e. The molecule has 1 aliphatic carbocycles. The Morgan fingerprint density at radius 1 is 1.39 bits per heavy atom. The number of amides is 1. The summed E-state index contributed by atoms with van der Waals surface area (Å²) in [5.41, 5.74) is 0.467. The van der Waals surface area contributed by atoms with Crippen LogP contribution in [0.3, 0.4) is 0 Å². The van der Waals surface area contributed by atoms with Crippen molar-refractivity contribution in [1.82, 2.24) is 5.32 Å². The van der Waals surface area contributed by atoms with Crippen LogP contribution in [0.2, 0.25) is 0 Å². The molecular formula is C16H21NO5S. The number of carbonyl (C=O) groups is 2. The second-order valence-electron chi connectivity index (χ2n) is 5.32. The van der Waals surface area contributed by atoms with Crippen molar-refractivity contribution in [2.24, 2.45) is 5.92 Å². The Balaban J connectivity index is 1.90. The molecule has 23 heavy (non-hydrogen) atoms. The van der Waals surface area contributed by atoms with E-state index in [2.05, 4.69) is 5.32 Å². The summed E-state index contributed by atoms with van der Waals surface area (Å²) in [6.45, 7) is 1.02. The van der Waals surface area contributed by atoms with E-state index in [0.29, 0.717) is 41.9 Å². The zero-order chi connectivity index (χ0) is 16.7. The number of carboxylic acids is 1. The first-order valence-electron chi connectivity index (χ1n) is 7.48. The van der Waals surface area contributed by atoms with E-state index in [0.717, 1.165) is 0 Å². The van der Waals surface area contributed by atoms with Gasteiger partial charge in [0.05, 0.1) is 25.0 Å². The second-order valence-corrected chi connectivity index (χ2v) is 6.42. The molecule has 1 amide bonds. The summed E-state index contributed by atoms with van der Waals surface area (Å²) in [5.74, 6) is 1.25. The van der Waals surface area contributed by atoms with E-state index in [1.807, 2.05) is 0 Å². The number of rotatable bonds is 10. The maximum atomic E-state index is 12.3. The van der Waals surface area contributed by atoms with Gasteiger partial charge in [-0.3, -0.25) is 9.59 Å². The molecule has 1 fully saturated rings. The van der Waals surface area contributed by atoms with Crippen LogP contribution in [0.5, 0.6) is 11.5 Å². The van der Waals surface area contributed by atoms with Crippen LogP contribution in [-0.2, 0) is 4.79 Å². The average molecular weight is 339 g/mol. The van der Waals surface area contributed by atoms with Crippen LogP contribution < -0.4 is 14.8 Å². The van der Waals surface area contributed by atoms with Gasteiger partial charge in [-0.05, 0) is 30.9 Å². The molecule has 0 radical (unpaired) electrons. The first-order valence-corrected chi connectivity index (χ1v) is 8.64. The first-order chi connectivity index (χ1) is 11.1. The molecule has 0 bridgehead atoms. The third kappa shape index (κ3) is 6.02. The van der Waals surface area contributed by atoms with Gasteiger partial charge in [-0.15, -0.1) is 11.8 Å². The molecule has 0 spiro atoms. The number of carbonyl (C=O) groups excluding carboxylic acids is 1. The van der Waals surface area contributed by atoms with E-state index in [4.69, 9.17) is 14.6 Å². The van der Waals surface area contributed by atoms with Crippen molar-refractivity contribution in [2.45, 2.75) is 12.8 Å². The van der Waals surface area contributed by atoms with E-state index in [-0.39, 0.29) is 11.7 Å². The van der Waals surface area contributed by atoms with Gasteiger partial charge >= 0.3 is 5.97 Å². The Bertz CT molecular complexity index is 559. The molecule has 0 aliphatic heterocycles. The number of methoxy groups -OCH3 is 1. The summed E-state index contributed by atoms with van der Waals surface area (Å²) in [6, 6.07) is 5.12. The van der Waals surface area contributed by atoms with Gasteiger partial charge in [0.25, 0.3) is 5.91 Å². The lowest BCUT2D eigenvalue weighted by Gasteiger charge is -2.13. The maximum absolute atomic E-state index is 12.3. The number of aliphatic carboxylic acids is 1. The topological polar surface area (TPSA) is 84.9 Å². The van der Waals surface area contributed by atoms with Crippen molar-refractivity contribution in [3.63, 3.8) is 0 Å². The molecule has 0 atom stereocenters. The quantitative estimate of drug-likeness (QED) is 0.635. The SMILES string of the molecule is COc1ccc(C(=O)NCCSCC(=O)O)c(OCC2CC2)c1. The van der Waals surface area contributed by atoms with E-state index in [1.54, 1.807) is 25.3 Å². The zero-order valence-electron chi connectivity index (χ0n) is 13.0. The zero-order valence-corrected chi connectivity index (χ0v) is 13.9. The Kier molecular flexibility index (Phi) is 6.58. The lowest BCUT2D eigenvalue weighted by Crippen LogP contribution is -2.26. The van der Waals surface area contributed by atoms with Gasteiger partial charge < -0.3 is 19.9 Å². The summed E-state index contributed by atoms with van der Waals surface area (Å²) < 4.78 is 10.9. The van der Waals surface area contributed by atoms with Crippen LogP contribution in [0.1, 0.15) is 23.2 Å². The summed E-state index contributed by atoms with van der Waals surface area (Å²) >= 11 is 1.27. The first kappa shape index (κ1) is 17.5. The molecule has 1 aliphatic rings. The predicted octanol–water partition coefficient (Wildman–Crippen LogP) is 2.03. The predicted molar refractivity (Wildman–Crippen MR) is 88.5 cm³/mol. The summed E-state index contributed by atoms with van der Waals surface area (Å²) in [5, 5.41) is 11.3. The van der Waals surface area contributed by atoms with Crippen LogP contribution >= 0.6 is 11.8 Å². The van der Waals surface area contributed by atoms with E-state index < -0.39 is 5.97 Å². The van der Waals surface area contributed by atoms with E-state index in [9.17, 15) is 9.59 Å². The molecule has 1 aromatic rings. The van der Waals surface area contributed by atoms with Gasteiger partial charge in [0.15, 0.2) is 0 Å². The highest BCUT2D eigenvalue weighted by Crippen LogP contribution is 2.31. The van der Waals surface area contributed by atoms with E-state index in [1.165, 1.54) is 24.6 Å². The Labute approximate surface area is 139 Å². The molecule has 2 rings (SSSR count). The van der Waals surface area contributed by atoms with Crippen molar-refractivity contribution in [1.29, 1.82) is 0 Å². The third-order valence-corrected chi connectivity index (χ3v) is 4.31. The fourth-order valence-corrected chi connectivity index (χ4v) is 2.49. The fourth-order valence-electron chi connectivity index (χ4n) is 1.92. The molecule has 1 aromatic carbocycles. The number of ether oxygens (including phenoxy) is 2. The number of thioether (sulfide) groups is 1. The summed E-state index contributed by atoms with van der Waals surface area (Å²) in [4.78, 5) is 22.7. The molecule has 126 valence electrons. The fraction of sp³-hybridized carbons (Fsp3) is 0.500.